The van der Waals surface area contributed by atoms with Crippen LogP contribution in [-0.4, -0.2) is 100 Å². The highest BCUT2D eigenvalue weighted by Crippen LogP contribution is 2.27. The van der Waals surface area contributed by atoms with Gasteiger partial charge in [0.05, 0.1) is 13.2 Å². The molecule has 0 saturated heterocycles. The molecule has 0 spiro atoms. The predicted molar refractivity (Wildman–Crippen MR) is 83.4 cm³/mol. The SMILES string of the molecule is C=CCN(CC=O)C(=O)[C@](CC=O)(OCC=O)[C@@H](O)[C@H](O)[C@H](O)CO. The maximum absolute atomic E-state index is 12.8. The number of hydrogen-bond donors (Lipinski definition) is 4. The summed E-state index contributed by atoms with van der Waals surface area (Å²) < 4.78 is 5.09. The van der Waals surface area contributed by atoms with Gasteiger partial charge in [0, 0.05) is 13.0 Å². The summed E-state index contributed by atoms with van der Waals surface area (Å²) in [5.74, 6) is -1.06. The second-order valence-electron chi connectivity index (χ2n) is 5.09. The zero-order chi connectivity index (χ0) is 19.5. The van der Waals surface area contributed by atoms with E-state index >= 15 is 0 Å². The Hall–Kier alpha value is -1.98. The van der Waals surface area contributed by atoms with Crippen LogP contribution in [-0.2, 0) is 23.9 Å². The first-order chi connectivity index (χ1) is 11.9. The van der Waals surface area contributed by atoms with Gasteiger partial charge in [0.25, 0.3) is 5.91 Å². The summed E-state index contributed by atoms with van der Waals surface area (Å²) in [5.41, 5.74) is -2.44. The maximum atomic E-state index is 12.8. The van der Waals surface area contributed by atoms with Gasteiger partial charge in [0.1, 0.15) is 43.8 Å². The molecule has 0 heterocycles. The molecule has 10 heteroatoms. The molecule has 0 aromatic carbocycles. The zero-order valence-corrected chi connectivity index (χ0v) is 13.6. The molecule has 0 aromatic heterocycles. The minimum Gasteiger partial charge on any atom is -0.394 e. The highest BCUT2D eigenvalue weighted by Gasteiger charge is 2.52. The lowest BCUT2D eigenvalue weighted by molar-refractivity contribution is -0.198. The quantitative estimate of drug-likeness (QED) is 0.184. The Balaban J connectivity index is 6.01. The van der Waals surface area contributed by atoms with E-state index in [1.165, 1.54) is 6.08 Å². The van der Waals surface area contributed by atoms with Gasteiger partial charge in [-0.2, -0.15) is 0 Å². The van der Waals surface area contributed by atoms with Gasteiger partial charge in [-0.3, -0.25) is 4.79 Å². The smallest absolute Gasteiger partial charge is 0.258 e. The van der Waals surface area contributed by atoms with E-state index in [4.69, 9.17) is 9.84 Å². The van der Waals surface area contributed by atoms with Crippen LogP contribution in [0.4, 0.5) is 0 Å². The van der Waals surface area contributed by atoms with Gasteiger partial charge in [0.15, 0.2) is 5.60 Å². The van der Waals surface area contributed by atoms with Crippen LogP contribution < -0.4 is 0 Å². The van der Waals surface area contributed by atoms with E-state index in [2.05, 4.69) is 6.58 Å². The highest BCUT2D eigenvalue weighted by molar-refractivity contribution is 5.90. The van der Waals surface area contributed by atoms with Crippen LogP contribution in [0.5, 0.6) is 0 Å². The number of carbonyl (C=O) groups is 4. The van der Waals surface area contributed by atoms with Gasteiger partial charge < -0.3 is 44.4 Å². The second-order valence-corrected chi connectivity index (χ2v) is 5.09. The lowest BCUT2D eigenvalue weighted by Crippen LogP contribution is -2.63. The summed E-state index contributed by atoms with van der Waals surface area (Å²) in [6.45, 7) is 1.19. The van der Waals surface area contributed by atoms with Crippen LogP contribution in [0.3, 0.4) is 0 Å². The number of nitrogens with zero attached hydrogens (tertiary/aromatic N) is 1. The molecule has 4 atom stereocenters. The molecule has 0 aliphatic heterocycles. The topological polar surface area (TPSA) is 162 Å². The number of aliphatic hydroxyl groups excluding tert-OH is 4. The largest absolute Gasteiger partial charge is 0.394 e. The van der Waals surface area contributed by atoms with E-state index in [0.717, 1.165) is 4.90 Å². The Bertz CT molecular complexity index is 460. The van der Waals surface area contributed by atoms with Gasteiger partial charge in [-0.25, -0.2) is 0 Å². The Morgan fingerprint density at radius 3 is 2.20 bits per heavy atom. The van der Waals surface area contributed by atoms with Gasteiger partial charge in [-0.05, 0) is 0 Å². The molecular formula is C15H23NO9. The number of carbonyl (C=O) groups excluding carboxylic acids is 4. The first-order valence-corrected chi connectivity index (χ1v) is 7.36. The van der Waals surface area contributed by atoms with Crippen molar-refractivity contribution in [1.29, 1.82) is 0 Å². The zero-order valence-electron chi connectivity index (χ0n) is 13.6. The van der Waals surface area contributed by atoms with Crippen molar-refractivity contribution in [2.45, 2.75) is 30.3 Å². The summed E-state index contributed by atoms with van der Waals surface area (Å²) in [7, 11) is 0. The summed E-state index contributed by atoms with van der Waals surface area (Å²) in [6.07, 6.45) is -4.72. The van der Waals surface area contributed by atoms with Crippen LogP contribution in [0.25, 0.3) is 0 Å². The summed E-state index contributed by atoms with van der Waals surface area (Å²) >= 11 is 0. The molecule has 4 N–H and O–H groups in total. The fourth-order valence-electron chi connectivity index (χ4n) is 2.20. The molecule has 0 unspecified atom stereocenters. The van der Waals surface area contributed by atoms with Crippen LogP contribution in [0.15, 0.2) is 12.7 Å². The van der Waals surface area contributed by atoms with Crippen LogP contribution in [0, 0.1) is 0 Å². The molecule has 1 amide bonds. The molecule has 0 aliphatic carbocycles. The van der Waals surface area contributed by atoms with Crippen molar-refractivity contribution in [2.24, 2.45) is 0 Å². The number of hydrogen-bond acceptors (Lipinski definition) is 9. The Labute approximate surface area is 144 Å². The van der Waals surface area contributed by atoms with Crippen molar-refractivity contribution < 1.29 is 44.3 Å². The highest BCUT2D eigenvalue weighted by atomic mass is 16.5. The standard InChI is InChI=1S/C15H23NO9/c1-2-4-16(5-7-18)14(24)15(3-6-17,25-9-8-19)13(23)12(22)11(21)10-20/h2,6-8,11-13,20-23H,1,3-5,9-10H2/t11-,12-,13+,15-/m1/s1. The Morgan fingerprint density at radius 2 is 1.76 bits per heavy atom. The number of rotatable bonds is 14. The van der Waals surface area contributed by atoms with Crippen molar-refractivity contribution in [1.82, 2.24) is 4.90 Å². The molecule has 0 radical (unpaired) electrons. The van der Waals surface area contributed by atoms with E-state index in [1.54, 1.807) is 0 Å². The van der Waals surface area contributed by atoms with E-state index in [0.29, 0.717) is 6.29 Å². The molecule has 142 valence electrons. The van der Waals surface area contributed by atoms with Gasteiger partial charge >= 0.3 is 0 Å². The first kappa shape index (κ1) is 23.0. The molecule has 0 aliphatic rings. The molecule has 0 aromatic rings. The van der Waals surface area contributed by atoms with Crippen molar-refractivity contribution in [3.05, 3.63) is 12.7 Å². The average Bonchev–Trinajstić information content (AvgIpc) is 2.62. The number of amides is 1. The monoisotopic (exact) mass is 361 g/mol. The Morgan fingerprint density at radius 1 is 1.12 bits per heavy atom. The minimum absolute atomic E-state index is 0.145. The van der Waals surface area contributed by atoms with Crippen molar-refractivity contribution in [3.63, 3.8) is 0 Å². The summed E-state index contributed by atoms with van der Waals surface area (Å²) in [5, 5.41) is 38.7. The van der Waals surface area contributed by atoms with Gasteiger partial charge in [-0.15, -0.1) is 6.58 Å². The van der Waals surface area contributed by atoms with Gasteiger partial charge in [-0.1, -0.05) is 6.08 Å². The minimum atomic E-state index is -2.44. The van der Waals surface area contributed by atoms with E-state index in [-0.39, 0.29) is 19.1 Å². The molecule has 0 saturated carbocycles. The number of aldehydes is 3. The predicted octanol–water partition coefficient (Wildman–Crippen LogP) is -3.18. The second kappa shape index (κ2) is 11.6. The molecule has 0 bridgehead atoms. The number of aliphatic hydroxyl groups is 4. The third-order valence-corrected chi connectivity index (χ3v) is 3.47. The van der Waals surface area contributed by atoms with E-state index in [9.17, 15) is 34.5 Å². The first-order valence-electron chi connectivity index (χ1n) is 7.36. The summed E-state index contributed by atoms with van der Waals surface area (Å²) in [6, 6.07) is 0. The Kier molecular flexibility index (Phi) is 10.6. The van der Waals surface area contributed by atoms with Crippen LogP contribution in [0.2, 0.25) is 0 Å². The van der Waals surface area contributed by atoms with Crippen LogP contribution >= 0.6 is 0 Å². The molecule has 0 rings (SSSR count). The third kappa shape index (κ3) is 5.80. The van der Waals surface area contributed by atoms with Crippen molar-refractivity contribution >= 4 is 24.8 Å². The van der Waals surface area contributed by atoms with Gasteiger partial charge in [0.2, 0.25) is 0 Å². The molecule has 10 nitrogen and oxygen atoms in total. The van der Waals surface area contributed by atoms with E-state index in [1.807, 2.05) is 0 Å². The summed E-state index contributed by atoms with van der Waals surface area (Å²) in [4.78, 5) is 46.2. The molecule has 25 heavy (non-hydrogen) atoms. The van der Waals surface area contributed by atoms with Crippen molar-refractivity contribution in [2.75, 3.05) is 26.3 Å². The van der Waals surface area contributed by atoms with Crippen molar-refractivity contribution in [3.8, 4) is 0 Å². The normalized spacial score (nSPS) is 16.8. The number of ether oxygens (including phenoxy) is 1. The van der Waals surface area contributed by atoms with Crippen LogP contribution in [0.1, 0.15) is 6.42 Å². The fraction of sp³-hybridized carbons (Fsp3) is 0.600. The average molecular weight is 361 g/mol. The lowest BCUT2D eigenvalue weighted by Gasteiger charge is -2.40. The third-order valence-electron chi connectivity index (χ3n) is 3.47. The maximum Gasteiger partial charge on any atom is 0.258 e. The van der Waals surface area contributed by atoms with E-state index < -0.39 is 56.0 Å². The lowest BCUT2D eigenvalue weighted by atomic mass is 9.85. The molecular weight excluding hydrogens is 338 g/mol. The molecule has 0 fully saturated rings. The fourth-order valence-corrected chi connectivity index (χ4v) is 2.20.